The number of halogens is 2. The molecule has 0 radical (unpaired) electrons. The van der Waals surface area contributed by atoms with Crippen LogP contribution in [0.4, 0.5) is 13.6 Å². The number of alkyl halides is 2. The van der Waals surface area contributed by atoms with Crippen LogP contribution in [0.15, 0.2) is 24.3 Å². The minimum Gasteiger partial charge on any atom is -0.435 e. The van der Waals surface area contributed by atoms with E-state index < -0.39 is 6.61 Å². The molecular formula is C19H27F2N3O3. The summed E-state index contributed by atoms with van der Waals surface area (Å²) in [4.78, 5) is 27.7. The van der Waals surface area contributed by atoms with E-state index in [2.05, 4.69) is 10.1 Å². The summed E-state index contributed by atoms with van der Waals surface area (Å²) in [7, 11) is 1.63. The second kappa shape index (κ2) is 10.7. The van der Waals surface area contributed by atoms with Crippen LogP contribution < -0.4 is 10.1 Å². The lowest BCUT2D eigenvalue weighted by molar-refractivity contribution is -0.131. The number of nitrogens with one attached hydrogen (secondary N) is 1. The fraction of sp³-hybridized carbons (Fsp3) is 0.579. The Kier molecular flexibility index (Phi) is 8.29. The SMILES string of the molecule is CN(Cc1ccc(OC(F)F)cc1)C(=O)NCCC(=O)N1CCCCCC1. The first-order valence-electron chi connectivity index (χ1n) is 9.26. The molecule has 1 aliphatic rings. The monoisotopic (exact) mass is 383 g/mol. The fourth-order valence-electron chi connectivity index (χ4n) is 3.01. The lowest BCUT2D eigenvalue weighted by Gasteiger charge is -2.21. The molecule has 0 spiro atoms. The lowest BCUT2D eigenvalue weighted by atomic mass is 10.2. The second-order valence-corrected chi connectivity index (χ2v) is 6.66. The van der Waals surface area contributed by atoms with Crippen molar-refractivity contribution in [3.05, 3.63) is 29.8 Å². The van der Waals surface area contributed by atoms with Gasteiger partial charge in [-0.15, -0.1) is 0 Å². The minimum atomic E-state index is -2.86. The summed E-state index contributed by atoms with van der Waals surface area (Å²) in [6.07, 6.45) is 4.71. The summed E-state index contributed by atoms with van der Waals surface area (Å²) in [6, 6.07) is 5.85. The molecule has 3 amide bonds. The predicted octanol–water partition coefficient (Wildman–Crippen LogP) is 3.22. The molecule has 0 aliphatic carbocycles. The van der Waals surface area contributed by atoms with E-state index in [-0.39, 0.29) is 17.7 Å². The maximum Gasteiger partial charge on any atom is 0.387 e. The predicted molar refractivity (Wildman–Crippen MR) is 97.6 cm³/mol. The summed E-state index contributed by atoms with van der Waals surface area (Å²) < 4.78 is 28.6. The van der Waals surface area contributed by atoms with E-state index in [1.54, 1.807) is 19.2 Å². The Morgan fingerprint density at radius 3 is 2.37 bits per heavy atom. The van der Waals surface area contributed by atoms with Gasteiger partial charge in [-0.05, 0) is 30.5 Å². The summed E-state index contributed by atoms with van der Waals surface area (Å²) in [6.45, 7) is -0.641. The van der Waals surface area contributed by atoms with Gasteiger partial charge >= 0.3 is 12.6 Å². The van der Waals surface area contributed by atoms with Crippen LogP contribution in [-0.4, -0.2) is 55.0 Å². The molecule has 0 bridgehead atoms. The molecule has 1 fully saturated rings. The first kappa shape index (κ1) is 20.9. The van der Waals surface area contributed by atoms with Crippen molar-refractivity contribution >= 4 is 11.9 Å². The molecule has 1 aliphatic heterocycles. The van der Waals surface area contributed by atoms with Gasteiger partial charge in [0.2, 0.25) is 5.91 Å². The highest BCUT2D eigenvalue weighted by Gasteiger charge is 2.16. The molecular weight excluding hydrogens is 356 g/mol. The number of carbonyl (C=O) groups excluding carboxylic acids is 2. The van der Waals surface area contributed by atoms with Crippen LogP contribution in [-0.2, 0) is 11.3 Å². The molecule has 1 N–H and O–H groups in total. The molecule has 0 atom stereocenters. The van der Waals surface area contributed by atoms with E-state index in [0.717, 1.165) is 31.5 Å². The zero-order valence-corrected chi connectivity index (χ0v) is 15.6. The largest absolute Gasteiger partial charge is 0.435 e. The molecule has 27 heavy (non-hydrogen) atoms. The third-order valence-electron chi connectivity index (χ3n) is 4.49. The maximum atomic E-state index is 12.2. The number of ether oxygens (including phenoxy) is 1. The van der Waals surface area contributed by atoms with Gasteiger partial charge in [-0.25, -0.2) is 4.79 Å². The quantitative estimate of drug-likeness (QED) is 0.786. The van der Waals surface area contributed by atoms with E-state index in [0.29, 0.717) is 19.5 Å². The molecule has 2 rings (SSSR count). The van der Waals surface area contributed by atoms with Crippen molar-refractivity contribution in [2.45, 2.75) is 45.3 Å². The van der Waals surface area contributed by atoms with Crippen LogP contribution in [0.25, 0.3) is 0 Å². The van der Waals surface area contributed by atoms with Crippen LogP contribution in [0.3, 0.4) is 0 Å². The van der Waals surface area contributed by atoms with Gasteiger partial charge in [0.1, 0.15) is 5.75 Å². The average Bonchev–Trinajstić information content (AvgIpc) is 2.92. The number of carbonyl (C=O) groups is 2. The molecule has 1 aromatic carbocycles. The minimum absolute atomic E-state index is 0.0767. The van der Waals surface area contributed by atoms with Crippen molar-refractivity contribution in [3.8, 4) is 5.75 Å². The molecule has 8 heteroatoms. The van der Waals surface area contributed by atoms with Crippen molar-refractivity contribution in [2.75, 3.05) is 26.7 Å². The van der Waals surface area contributed by atoms with Gasteiger partial charge in [0.15, 0.2) is 0 Å². The molecule has 1 heterocycles. The summed E-state index contributed by atoms with van der Waals surface area (Å²) in [5, 5.41) is 2.74. The molecule has 0 aromatic heterocycles. The van der Waals surface area contributed by atoms with Crippen molar-refractivity contribution in [1.29, 1.82) is 0 Å². The van der Waals surface area contributed by atoms with Crippen molar-refractivity contribution < 1.29 is 23.1 Å². The Labute approximate surface area is 158 Å². The zero-order chi connectivity index (χ0) is 19.6. The van der Waals surface area contributed by atoms with E-state index in [1.807, 2.05) is 4.90 Å². The number of hydrogen-bond acceptors (Lipinski definition) is 3. The van der Waals surface area contributed by atoms with Crippen LogP contribution in [0.5, 0.6) is 5.75 Å². The summed E-state index contributed by atoms with van der Waals surface area (Å²) in [5.74, 6) is 0.155. The summed E-state index contributed by atoms with van der Waals surface area (Å²) >= 11 is 0. The number of nitrogens with zero attached hydrogens (tertiary/aromatic N) is 2. The number of rotatable bonds is 7. The molecule has 1 saturated heterocycles. The van der Waals surface area contributed by atoms with Crippen LogP contribution in [0, 0.1) is 0 Å². The highest BCUT2D eigenvalue weighted by molar-refractivity contribution is 5.78. The van der Waals surface area contributed by atoms with Crippen molar-refractivity contribution in [3.63, 3.8) is 0 Å². The van der Waals surface area contributed by atoms with Crippen molar-refractivity contribution in [2.24, 2.45) is 0 Å². The Morgan fingerprint density at radius 1 is 1.15 bits per heavy atom. The van der Waals surface area contributed by atoms with E-state index in [9.17, 15) is 18.4 Å². The second-order valence-electron chi connectivity index (χ2n) is 6.66. The molecule has 0 saturated carbocycles. The standard InChI is InChI=1S/C19H27F2N3O3/c1-23(14-15-6-8-16(9-7-15)27-18(20)21)19(26)22-11-10-17(25)24-12-4-2-3-5-13-24/h6-9,18H,2-5,10-14H2,1H3,(H,22,26). The van der Waals surface area contributed by atoms with Crippen LogP contribution in [0.1, 0.15) is 37.7 Å². The average molecular weight is 383 g/mol. The normalized spacial score (nSPS) is 14.6. The topological polar surface area (TPSA) is 61.9 Å². The Morgan fingerprint density at radius 2 is 1.78 bits per heavy atom. The van der Waals surface area contributed by atoms with Gasteiger partial charge in [0, 0.05) is 39.6 Å². The van der Waals surface area contributed by atoms with E-state index >= 15 is 0 Å². The fourth-order valence-corrected chi connectivity index (χ4v) is 3.01. The van der Waals surface area contributed by atoms with Gasteiger partial charge in [-0.2, -0.15) is 8.78 Å². The number of likely N-dealkylation sites (tertiary alicyclic amines) is 1. The lowest BCUT2D eigenvalue weighted by Crippen LogP contribution is -2.39. The molecule has 1 aromatic rings. The van der Waals surface area contributed by atoms with Gasteiger partial charge in [-0.1, -0.05) is 25.0 Å². The molecule has 150 valence electrons. The van der Waals surface area contributed by atoms with Crippen LogP contribution in [0.2, 0.25) is 0 Å². The van der Waals surface area contributed by atoms with Gasteiger partial charge in [-0.3, -0.25) is 4.79 Å². The number of hydrogen-bond donors (Lipinski definition) is 1. The van der Waals surface area contributed by atoms with E-state index in [4.69, 9.17) is 0 Å². The highest BCUT2D eigenvalue weighted by Crippen LogP contribution is 2.16. The zero-order valence-electron chi connectivity index (χ0n) is 15.6. The number of urea groups is 1. The Bertz CT molecular complexity index is 603. The van der Waals surface area contributed by atoms with Crippen molar-refractivity contribution in [1.82, 2.24) is 15.1 Å². The third-order valence-corrected chi connectivity index (χ3v) is 4.49. The summed E-state index contributed by atoms with van der Waals surface area (Å²) in [5.41, 5.74) is 0.787. The maximum absolute atomic E-state index is 12.2. The first-order chi connectivity index (χ1) is 13.0. The van der Waals surface area contributed by atoms with Gasteiger partial charge in [0.25, 0.3) is 0 Å². The smallest absolute Gasteiger partial charge is 0.387 e. The third kappa shape index (κ3) is 7.40. The van der Waals surface area contributed by atoms with Gasteiger partial charge < -0.3 is 19.9 Å². The van der Waals surface area contributed by atoms with E-state index in [1.165, 1.54) is 29.9 Å². The number of amides is 3. The highest BCUT2D eigenvalue weighted by atomic mass is 19.3. The molecule has 6 nitrogen and oxygen atoms in total. The van der Waals surface area contributed by atoms with Crippen LogP contribution >= 0.6 is 0 Å². The first-order valence-corrected chi connectivity index (χ1v) is 9.26. The van der Waals surface area contributed by atoms with Gasteiger partial charge in [0.05, 0.1) is 0 Å². The molecule has 0 unspecified atom stereocenters. The number of benzene rings is 1. The Balaban J connectivity index is 1.71. The Hall–Kier alpha value is -2.38.